The molecule has 0 spiro atoms. The van der Waals surface area contributed by atoms with Crippen LogP contribution in [0.3, 0.4) is 0 Å². The lowest BCUT2D eigenvalue weighted by Crippen LogP contribution is -2.17. The minimum Gasteiger partial charge on any atom is -0.269 e. The summed E-state index contributed by atoms with van der Waals surface area (Å²) >= 11 is 0. The van der Waals surface area contributed by atoms with Crippen molar-refractivity contribution < 1.29 is 0 Å². The fraction of sp³-hybridized carbons (Fsp3) is 0.211. The monoisotopic (exact) mass is 276 g/mol. The Morgan fingerprint density at radius 3 is 2.38 bits per heavy atom. The van der Waals surface area contributed by atoms with Crippen LogP contribution in [0.25, 0.3) is 0 Å². The average molecular weight is 276 g/mol. The number of hydrogen-bond acceptors (Lipinski definition) is 2. The fourth-order valence-electron chi connectivity index (χ4n) is 2.67. The molecule has 0 saturated heterocycles. The maximum atomic E-state index is 4.80. The maximum absolute atomic E-state index is 4.80. The first-order valence-corrected chi connectivity index (χ1v) is 7.28. The number of rotatable bonds is 3. The number of aryl methyl sites for hydroxylation is 1. The molecule has 0 amide bonds. The molecular weight excluding hydrogens is 256 g/mol. The average Bonchev–Trinajstić information content (AvgIpc) is 2.94. The van der Waals surface area contributed by atoms with Crippen molar-refractivity contribution in [1.82, 2.24) is 5.01 Å². The highest BCUT2D eigenvalue weighted by atomic mass is 15.5. The number of allylic oxidation sites excluding steroid dienone is 1. The molecule has 1 heterocycles. The van der Waals surface area contributed by atoms with Crippen LogP contribution < -0.4 is 0 Å². The molecule has 1 unspecified atom stereocenters. The van der Waals surface area contributed by atoms with Crippen molar-refractivity contribution in [3.63, 3.8) is 0 Å². The van der Waals surface area contributed by atoms with Gasteiger partial charge in [-0.15, -0.1) is 0 Å². The predicted molar refractivity (Wildman–Crippen MR) is 88.4 cm³/mol. The maximum Gasteiger partial charge on any atom is 0.0775 e. The molecule has 0 aromatic heterocycles. The highest BCUT2D eigenvalue weighted by Gasteiger charge is 2.29. The predicted octanol–water partition coefficient (Wildman–Crippen LogP) is 4.33. The van der Waals surface area contributed by atoms with Crippen LogP contribution in [-0.4, -0.2) is 17.3 Å². The van der Waals surface area contributed by atoms with Gasteiger partial charge in [-0.1, -0.05) is 66.7 Å². The van der Waals surface area contributed by atoms with Gasteiger partial charge in [-0.3, -0.25) is 5.01 Å². The van der Waals surface area contributed by atoms with E-state index in [4.69, 9.17) is 5.10 Å². The second-order valence-corrected chi connectivity index (χ2v) is 5.63. The van der Waals surface area contributed by atoms with Crippen molar-refractivity contribution >= 4 is 5.71 Å². The van der Waals surface area contributed by atoms with Gasteiger partial charge >= 0.3 is 0 Å². The first-order valence-electron chi connectivity index (χ1n) is 7.28. The number of hydrogen-bond donors (Lipinski definition) is 0. The molecule has 21 heavy (non-hydrogen) atoms. The van der Waals surface area contributed by atoms with Crippen molar-refractivity contribution in [1.29, 1.82) is 0 Å². The Labute approximate surface area is 126 Å². The first kappa shape index (κ1) is 13.6. The zero-order valence-corrected chi connectivity index (χ0v) is 12.6. The second-order valence-electron chi connectivity index (χ2n) is 5.63. The first-order chi connectivity index (χ1) is 10.1. The summed E-state index contributed by atoms with van der Waals surface area (Å²) in [6.45, 7) is 9.00. The third-order valence-electron chi connectivity index (χ3n) is 3.90. The van der Waals surface area contributed by atoms with Crippen LogP contribution in [-0.2, 0) is 0 Å². The second kappa shape index (κ2) is 5.57. The van der Waals surface area contributed by atoms with Crippen molar-refractivity contribution in [2.24, 2.45) is 5.10 Å². The highest BCUT2D eigenvalue weighted by Crippen LogP contribution is 2.30. The van der Waals surface area contributed by atoms with Gasteiger partial charge in [-0.2, -0.15) is 5.10 Å². The molecule has 1 aliphatic heterocycles. The Balaban J connectivity index is 2.01. The molecule has 2 nitrogen and oxygen atoms in total. The minimum atomic E-state index is 0.297. The molecule has 2 heteroatoms. The van der Waals surface area contributed by atoms with E-state index in [-0.39, 0.29) is 0 Å². The van der Waals surface area contributed by atoms with E-state index < -0.39 is 0 Å². The van der Waals surface area contributed by atoms with Crippen LogP contribution >= 0.6 is 0 Å². The van der Waals surface area contributed by atoms with E-state index in [9.17, 15) is 0 Å². The SMILES string of the molecule is C=C(C)N1CC(c2ccccc2)C(c2ccc(C)cc2)=N1. The Kier molecular flexibility index (Phi) is 3.61. The van der Waals surface area contributed by atoms with Gasteiger partial charge in [0.15, 0.2) is 0 Å². The summed E-state index contributed by atoms with van der Waals surface area (Å²) in [7, 11) is 0. The molecule has 1 aliphatic rings. The third kappa shape index (κ3) is 2.75. The molecule has 0 radical (unpaired) electrons. The number of benzene rings is 2. The molecule has 2 aromatic carbocycles. The zero-order valence-electron chi connectivity index (χ0n) is 12.6. The summed E-state index contributed by atoms with van der Waals surface area (Å²) < 4.78 is 0. The summed E-state index contributed by atoms with van der Waals surface area (Å²) in [6.07, 6.45) is 0. The molecule has 0 aliphatic carbocycles. The van der Waals surface area contributed by atoms with E-state index in [0.717, 1.165) is 18.0 Å². The van der Waals surface area contributed by atoms with Crippen LogP contribution in [0.4, 0.5) is 0 Å². The quantitative estimate of drug-likeness (QED) is 0.814. The molecular formula is C19H20N2. The standard InChI is InChI=1S/C19H20N2/c1-14(2)21-13-18(16-7-5-4-6-8-16)19(20-21)17-11-9-15(3)10-12-17/h4-12,18H,1,13H2,2-3H3. The van der Waals surface area contributed by atoms with E-state index in [1.807, 2.05) is 11.9 Å². The van der Waals surface area contributed by atoms with E-state index in [0.29, 0.717) is 5.92 Å². The molecule has 3 rings (SSSR count). The normalized spacial score (nSPS) is 17.7. The Bertz CT molecular complexity index is 668. The summed E-state index contributed by atoms with van der Waals surface area (Å²) in [5.74, 6) is 0.297. The summed E-state index contributed by atoms with van der Waals surface area (Å²) in [5, 5.41) is 6.80. The minimum absolute atomic E-state index is 0.297. The smallest absolute Gasteiger partial charge is 0.0775 e. The van der Waals surface area contributed by atoms with Crippen LogP contribution in [0, 0.1) is 6.92 Å². The molecule has 1 atom stereocenters. The van der Waals surface area contributed by atoms with Crippen molar-refractivity contribution in [2.45, 2.75) is 19.8 Å². The lowest BCUT2D eigenvalue weighted by Gasteiger charge is -2.16. The fourth-order valence-corrected chi connectivity index (χ4v) is 2.67. The molecule has 0 saturated carbocycles. The van der Waals surface area contributed by atoms with E-state index in [2.05, 4.69) is 68.1 Å². The molecule has 0 fully saturated rings. The van der Waals surface area contributed by atoms with E-state index in [1.165, 1.54) is 16.7 Å². The van der Waals surface area contributed by atoms with Crippen LogP contribution in [0.1, 0.15) is 29.5 Å². The molecule has 2 aromatic rings. The van der Waals surface area contributed by atoms with Gasteiger partial charge < -0.3 is 0 Å². The lowest BCUT2D eigenvalue weighted by molar-refractivity contribution is 0.393. The Morgan fingerprint density at radius 2 is 1.76 bits per heavy atom. The highest BCUT2D eigenvalue weighted by molar-refractivity contribution is 6.06. The molecule has 106 valence electrons. The summed E-state index contributed by atoms with van der Waals surface area (Å²) in [6, 6.07) is 19.2. The van der Waals surface area contributed by atoms with Crippen LogP contribution in [0.15, 0.2) is 72.0 Å². The number of hydrazone groups is 1. The van der Waals surface area contributed by atoms with Crippen LogP contribution in [0.2, 0.25) is 0 Å². The zero-order chi connectivity index (χ0) is 14.8. The Hall–Kier alpha value is -2.35. The van der Waals surface area contributed by atoms with Gasteiger partial charge in [0.05, 0.1) is 12.3 Å². The molecule has 0 bridgehead atoms. The van der Waals surface area contributed by atoms with Crippen molar-refractivity contribution in [3.05, 3.63) is 83.6 Å². The van der Waals surface area contributed by atoms with Gasteiger partial charge in [-0.05, 0) is 25.0 Å². The van der Waals surface area contributed by atoms with Gasteiger partial charge in [0.25, 0.3) is 0 Å². The lowest BCUT2D eigenvalue weighted by atomic mass is 9.90. The summed E-state index contributed by atoms with van der Waals surface area (Å²) in [5.41, 5.74) is 5.88. The van der Waals surface area contributed by atoms with Crippen LogP contribution in [0.5, 0.6) is 0 Å². The number of nitrogens with zero attached hydrogens (tertiary/aromatic N) is 2. The van der Waals surface area contributed by atoms with E-state index in [1.54, 1.807) is 0 Å². The van der Waals surface area contributed by atoms with Crippen molar-refractivity contribution in [2.75, 3.05) is 6.54 Å². The topological polar surface area (TPSA) is 15.6 Å². The van der Waals surface area contributed by atoms with Gasteiger partial charge in [0, 0.05) is 11.6 Å². The third-order valence-corrected chi connectivity index (χ3v) is 3.90. The van der Waals surface area contributed by atoms with Gasteiger partial charge in [0.1, 0.15) is 0 Å². The Morgan fingerprint density at radius 1 is 1.10 bits per heavy atom. The van der Waals surface area contributed by atoms with Gasteiger partial charge in [0.2, 0.25) is 0 Å². The van der Waals surface area contributed by atoms with Crippen molar-refractivity contribution in [3.8, 4) is 0 Å². The largest absolute Gasteiger partial charge is 0.269 e. The summed E-state index contributed by atoms with van der Waals surface area (Å²) in [4.78, 5) is 0. The van der Waals surface area contributed by atoms with Gasteiger partial charge in [-0.25, -0.2) is 0 Å². The molecule has 0 N–H and O–H groups in total. The van der Waals surface area contributed by atoms with E-state index >= 15 is 0 Å².